The summed E-state index contributed by atoms with van der Waals surface area (Å²) in [5.74, 6) is 1.98. The molecule has 4 aliphatic rings. The predicted molar refractivity (Wildman–Crippen MR) is 154 cm³/mol. The van der Waals surface area contributed by atoms with E-state index in [1.165, 1.54) is 0 Å². The number of amides is 1. The van der Waals surface area contributed by atoms with Crippen molar-refractivity contribution in [2.24, 2.45) is 52.3 Å². The number of aliphatic hydroxyl groups excluding tert-OH is 2. The number of nitrogens with one attached hydrogen (secondary N) is 1. The topological polar surface area (TPSA) is 113 Å². The average Bonchev–Trinajstić information content (AvgIpc) is 3.27. The number of fused-ring (bicyclic) bond motifs is 5. The molecule has 3 unspecified atom stereocenters. The summed E-state index contributed by atoms with van der Waals surface area (Å²) in [4.78, 5) is 12.1. The quantitative estimate of drug-likeness (QED) is 0.363. The Hall–Kier alpha value is -1.71. The Balaban J connectivity index is 1.22. The van der Waals surface area contributed by atoms with E-state index in [2.05, 4.69) is 27.7 Å². The second-order valence-electron chi connectivity index (χ2n) is 14.1. The van der Waals surface area contributed by atoms with Gasteiger partial charge < -0.3 is 14.9 Å². The molecule has 3 N–H and O–H groups in total. The first-order valence-electron chi connectivity index (χ1n) is 15.6. The molecule has 0 aliphatic heterocycles. The fourth-order valence-electron chi connectivity index (χ4n) is 10.3. The van der Waals surface area contributed by atoms with Crippen molar-refractivity contribution in [3.8, 4) is 0 Å². The van der Waals surface area contributed by atoms with Crippen molar-refractivity contribution in [3.63, 3.8) is 0 Å². The molecule has 0 spiro atoms. The second-order valence-corrected chi connectivity index (χ2v) is 15.8. The summed E-state index contributed by atoms with van der Waals surface area (Å²) in [6.07, 6.45) is 7.10. The van der Waals surface area contributed by atoms with Crippen molar-refractivity contribution >= 4 is 16.1 Å². The average molecular weight is 594 g/mol. The summed E-state index contributed by atoms with van der Waals surface area (Å²) in [5.41, 5.74) is 0.274. The highest BCUT2D eigenvalue weighted by atomic mass is 32.2. The van der Waals surface area contributed by atoms with Gasteiger partial charge in [-0.1, -0.05) is 34.1 Å². The molecule has 7 nitrogen and oxygen atoms in total. The molecule has 0 radical (unpaired) electrons. The molecule has 41 heavy (non-hydrogen) atoms. The smallest absolute Gasteiger partial charge is 0.421 e. The van der Waals surface area contributed by atoms with Crippen molar-refractivity contribution in [2.75, 3.05) is 6.61 Å². The summed E-state index contributed by atoms with van der Waals surface area (Å²) >= 11 is 0. The lowest BCUT2D eigenvalue weighted by atomic mass is 9.41. The monoisotopic (exact) mass is 593 g/mol. The van der Waals surface area contributed by atoms with Crippen LogP contribution in [0.2, 0.25) is 0 Å². The lowest BCUT2D eigenvalue weighted by molar-refractivity contribution is -0.203. The number of carbonyl (C=O) groups is 1. The summed E-state index contributed by atoms with van der Waals surface area (Å²) < 4.78 is 45.1. The van der Waals surface area contributed by atoms with Gasteiger partial charge in [0.1, 0.15) is 5.82 Å². The van der Waals surface area contributed by atoms with Crippen LogP contribution in [-0.2, 0) is 14.8 Å². The number of rotatable bonds is 7. The Kier molecular flexibility index (Phi) is 8.56. The zero-order valence-corrected chi connectivity index (χ0v) is 25.7. The molecule has 0 bridgehead atoms. The van der Waals surface area contributed by atoms with Crippen LogP contribution in [0.3, 0.4) is 0 Å². The molecule has 230 valence electrons. The first-order valence-corrected chi connectivity index (χ1v) is 17.1. The summed E-state index contributed by atoms with van der Waals surface area (Å²) in [5, 5.41) is 22.4. The minimum atomic E-state index is -4.14. The van der Waals surface area contributed by atoms with Crippen molar-refractivity contribution in [1.29, 1.82) is 0 Å². The standard InChI is InChI=1S/C32H48FNO6S/c1-5-23-27-18-21(35)12-15-32(27,4)26-13-16-31(3)24(10-11-25(31)28(26)29(23)36)19(2)14-17-40-30(37)34-41(38,39)22-8-6-20(33)7-9-22/h6-9,19,21,23-29,35-36H,5,10-18H2,1-4H3,(H,34,37)/t19-,21-,23-,24-,25+,26+,27?,28-,29-,31?,32?/m1/s1. The first-order chi connectivity index (χ1) is 19.3. The molecule has 0 aromatic heterocycles. The summed E-state index contributed by atoms with van der Waals surface area (Å²) in [7, 11) is -4.14. The molecule has 11 atom stereocenters. The van der Waals surface area contributed by atoms with Crippen LogP contribution in [0.15, 0.2) is 29.2 Å². The largest absolute Gasteiger partial charge is 0.449 e. The maximum absolute atomic E-state index is 13.1. The highest BCUT2D eigenvalue weighted by Gasteiger charge is 2.64. The number of aliphatic hydroxyl groups is 2. The van der Waals surface area contributed by atoms with Gasteiger partial charge in [-0.2, -0.15) is 0 Å². The number of benzene rings is 1. The third-order valence-corrected chi connectivity index (χ3v) is 13.6. The van der Waals surface area contributed by atoms with Gasteiger partial charge in [-0.25, -0.2) is 22.3 Å². The third kappa shape index (κ3) is 5.44. The van der Waals surface area contributed by atoms with Crippen LogP contribution in [0.1, 0.15) is 85.5 Å². The molecule has 0 saturated heterocycles. The maximum Gasteiger partial charge on any atom is 0.421 e. The van der Waals surface area contributed by atoms with Gasteiger partial charge >= 0.3 is 6.09 Å². The molecule has 9 heteroatoms. The van der Waals surface area contributed by atoms with E-state index in [4.69, 9.17) is 4.74 Å². The van der Waals surface area contributed by atoms with Gasteiger partial charge in [0.2, 0.25) is 0 Å². The number of carbonyl (C=O) groups excluding carboxylic acids is 1. The van der Waals surface area contributed by atoms with E-state index >= 15 is 0 Å². The van der Waals surface area contributed by atoms with Gasteiger partial charge in [-0.05, 0) is 128 Å². The normalized spacial score (nSPS) is 41.0. The van der Waals surface area contributed by atoms with Crippen molar-refractivity contribution < 1.29 is 32.6 Å². The third-order valence-electron chi connectivity index (χ3n) is 12.3. The van der Waals surface area contributed by atoms with Crippen molar-refractivity contribution in [2.45, 2.75) is 103 Å². The Morgan fingerprint density at radius 3 is 2.39 bits per heavy atom. The Morgan fingerprint density at radius 1 is 1.05 bits per heavy atom. The molecular formula is C32H48FNO6S. The molecule has 1 amide bonds. The number of halogens is 1. The highest BCUT2D eigenvalue weighted by molar-refractivity contribution is 7.90. The zero-order chi connectivity index (χ0) is 29.7. The minimum Gasteiger partial charge on any atom is -0.449 e. The fourth-order valence-corrected chi connectivity index (χ4v) is 11.2. The van der Waals surface area contributed by atoms with Crippen LogP contribution < -0.4 is 4.72 Å². The van der Waals surface area contributed by atoms with Crippen LogP contribution in [0, 0.1) is 58.1 Å². The first kappa shape index (κ1) is 30.7. The molecule has 4 aliphatic carbocycles. The number of ether oxygens (including phenoxy) is 1. The highest BCUT2D eigenvalue weighted by Crippen LogP contribution is 2.69. The zero-order valence-electron chi connectivity index (χ0n) is 24.9. The lowest BCUT2D eigenvalue weighted by Crippen LogP contribution is -2.62. The molecular weight excluding hydrogens is 545 g/mol. The number of hydrogen-bond donors (Lipinski definition) is 3. The Bertz CT molecular complexity index is 1210. The second kappa shape index (κ2) is 11.4. The Morgan fingerprint density at radius 2 is 1.71 bits per heavy atom. The molecule has 4 fully saturated rings. The minimum absolute atomic E-state index is 0.103. The van der Waals surface area contributed by atoms with E-state index < -0.39 is 21.9 Å². The van der Waals surface area contributed by atoms with E-state index in [0.29, 0.717) is 30.1 Å². The van der Waals surface area contributed by atoms with E-state index in [1.807, 2.05) is 4.72 Å². The Labute approximate surface area is 244 Å². The molecule has 0 heterocycles. The van der Waals surface area contributed by atoms with E-state index in [-0.39, 0.29) is 52.3 Å². The van der Waals surface area contributed by atoms with Gasteiger partial charge in [0.25, 0.3) is 10.0 Å². The van der Waals surface area contributed by atoms with Crippen molar-refractivity contribution in [3.05, 3.63) is 30.1 Å². The molecule has 1 aromatic carbocycles. The van der Waals surface area contributed by atoms with Gasteiger partial charge in [0.15, 0.2) is 0 Å². The summed E-state index contributed by atoms with van der Waals surface area (Å²) in [6, 6.07) is 4.25. The predicted octanol–water partition coefficient (Wildman–Crippen LogP) is 5.89. The molecule has 5 rings (SSSR count). The van der Waals surface area contributed by atoms with Crippen LogP contribution in [0.5, 0.6) is 0 Å². The van der Waals surface area contributed by atoms with Crippen LogP contribution in [0.25, 0.3) is 0 Å². The van der Waals surface area contributed by atoms with Crippen LogP contribution in [0.4, 0.5) is 9.18 Å². The van der Waals surface area contributed by atoms with E-state index in [1.54, 1.807) is 0 Å². The van der Waals surface area contributed by atoms with E-state index in [9.17, 15) is 27.8 Å². The number of sulfonamides is 1. The maximum atomic E-state index is 13.1. The SMILES string of the molecule is CC[C@@H]1C2C[C@H](O)CCC2(C)[C@H]2CCC3(C)[C@@H]([C@H](C)CCOC(=O)NS(=O)(=O)c4ccc(F)cc4)CC[C@H]3[C@H]2[C@@H]1O. The lowest BCUT2D eigenvalue weighted by Gasteiger charge is -2.64. The van der Waals surface area contributed by atoms with Gasteiger partial charge in [0.05, 0.1) is 23.7 Å². The number of hydrogen-bond acceptors (Lipinski definition) is 6. The van der Waals surface area contributed by atoms with Crippen LogP contribution >= 0.6 is 0 Å². The molecule has 4 saturated carbocycles. The van der Waals surface area contributed by atoms with Crippen molar-refractivity contribution in [1.82, 2.24) is 4.72 Å². The van der Waals surface area contributed by atoms with Crippen LogP contribution in [-0.4, -0.2) is 43.5 Å². The van der Waals surface area contributed by atoms with Gasteiger partial charge in [0, 0.05) is 0 Å². The molecule has 1 aromatic rings. The van der Waals surface area contributed by atoms with Gasteiger partial charge in [-0.3, -0.25) is 0 Å². The van der Waals surface area contributed by atoms with E-state index in [0.717, 1.165) is 75.6 Å². The van der Waals surface area contributed by atoms with Gasteiger partial charge in [-0.15, -0.1) is 0 Å². The summed E-state index contributed by atoms with van der Waals surface area (Å²) in [6.45, 7) is 9.37. The fraction of sp³-hybridized carbons (Fsp3) is 0.781.